The zero-order valence-corrected chi connectivity index (χ0v) is 13.8. The quantitative estimate of drug-likeness (QED) is 0.547. The molecule has 2 aromatic rings. The van der Waals surface area contributed by atoms with E-state index in [1.165, 1.54) is 17.8 Å². The van der Waals surface area contributed by atoms with Gasteiger partial charge in [0.15, 0.2) is 0 Å². The molecule has 0 amide bonds. The molecular formula is C18H20O5S. The largest absolute Gasteiger partial charge is 0.478 e. The molecule has 0 aliphatic rings. The first-order valence-corrected chi connectivity index (χ1v) is 8.50. The van der Waals surface area contributed by atoms with Gasteiger partial charge in [-0.15, -0.1) is 11.8 Å². The van der Waals surface area contributed by atoms with Crippen molar-refractivity contribution in [2.24, 2.45) is 0 Å². The second-order valence-electron chi connectivity index (χ2n) is 5.42. The van der Waals surface area contributed by atoms with Crippen LogP contribution in [0.4, 0.5) is 0 Å². The lowest BCUT2D eigenvalue weighted by Crippen LogP contribution is -2.15. The third-order valence-electron chi connectivity index (χ3n) is 3.59. The van der Waals surface area contributed by atoms with Gasteiger partial charge >= 0.3 is 5.97 Å². The minimum atomic E-state index is -1.00. The number of hydrogen-bond acceptors (Lipinski definition) is 5. The summed E-state index contributed by atoms with van der Waals surface area (Å²) in [6.07, 6.45) is -1.44. The van der Waals surface area contributed by atoms with Crippen molar-refractivity contribution in [3.8, 4) is 0 Å². The van der Waals surface area contributed by atoms with Crippen molar-refractivity contribution >= 4 is 17.7 Å². The van der Waals surface area contributed by atoms with E-state index in [4.69, 9.17) is 10.2 Å². The number of aromatic carboxylic acids is 1. The second kappa shape index (κ2) is 8.84. The topological polar surface area (TPSA) is 98.0 Å². The van der Waals surface area contributed by atoms with Gasteiger partial charge in [-0.1, -0.05) is 36.4 Å². The maximum Gasteiger partial charge on any atom is 0.336 e. The van der Waals surface area contributed by atoms with E-state index in [0.717, 1.165) is 5.56 Å². The lowest BCUT2D eigenvalue weighted by molar-refractivity contribution is 0.0692. The molecule has 0 spiro atoms. The van der Waals surface area contributed by atoms with Crippen molar-refractivity contribution in [2.45, 2.75) is 30.1 Å². The summed E-state index contributed by atoms with van der Waals surface area (Å²) < 4.78 is 0. The molecule has 2 aromatic carbocycles. The number of rotatable bonds is 8. The van der Waals surface area contributed by atoms with Crippen LogP contribution in [0.1, 0.15) is 34.0 Å². The highest BCUT2D eigenvalue weighted by Gasteiger charge is 2.16. The Hall–Kier alpha value is -1.86. The van der Waals surface area contributed by atoms with E-state index >= 15 is 0 Å². The molecule has 0 bridgehead atoms. The van der Waals surface area contributed by atoms with Gasteiger partial charge in [0, 0.05) is 17.1 Å². The lowest BCUT2D eigenvalue weighted by Gasteiger charge is -2.16. The summed E-state index contributed by atoms with van der Waals surface area (Å²) in [5, 5.41) is 38.4. The van der Waals surface area contributed by atoms with Crippen molar-refractivity contribution in [3.05, 3.63) is 65.2 Å². The molecule has 0 radical (unpaired) electrons. The zero-order chi connectivity index (χ0) is 17.5. The summed E-state index contributed by atoms with van der Waals surface area (Å²) >= 11 is 1.25. The molecule has 0 aliphatic carbocycles. The number of hydrogen-bond donors (Lipinski definition) is 4. The lowest BCUT2D eigenvalue weighted by atomic mass is 10.0. The highest BCUT2D eigenvalue weighted by molar-refractivity contribution is 7.99. The Morgan fingerprint density at radius 2 is 1.71 bits per heavy atom. The molecule has 2 rings (SSSR count). The fourth-order valence-corrected chi connectivity index (χ4v) is 3.26. The van der Waals surface area contributed by atoms with Crippen LogP contribution >= 0.6 is 11.8 Å². The van der Waals surface area contributed by atoms with Crippen LogP contribution in [-0.4, -0.2) is 38.3 Å². The maximum absolute atomic E-state index is 11.1. The monoisotopic (exact) mass is 348 g/mol. The van der Waals surface area contributed by atoms with Crippen LogP contribution in [0, 0.1) is 0 Å². The van der Waals surface area contributed by atoms with Crippen LogP contribution in [0.3, 0.4) is 0 Å². The van der Waals surface area contributed by atoms with Crippen LogP contribution < -0.4 is 0 Å². The van der Waals surface area contributed by atoms with Gasteiger partial charge in [-0.3, -0.25) is 0 Å². The SMILES string of the molecule is O=C(O)c1ccccc1SC[C@@H](O)C[C@@H](O)c1ccc(CO)cc1. The molecule has 24 heavy (non-hydrogen) atoms. The highest BCUT2D eigenvalue weighted by atomic mass is 32.2. The fourth-order valence-electron chi connectivity index (χ4n) is 2.26. The number of carboxylic acids is 1. The third kappa shape index (κ3) is 5.07. The second-order valence-corrected chi connectivity index (χ2v) is 6.48. The standard InChI is InChI=1S/C18H20O5S/c19-10-12-5-7-13(8-6-12)16(21)9-14(20)11-24-17-4-2-1-3-15(17)18(22)23/h1-8,14,16,19-21H,9-11H2,(H,22,23)/t14-,16+/m0/s1. The van der Waals surface area contributed by atoms with E-state index in [2.05, 4.69) is 0 Å². The molecule has 0 aliphatic heterocycles. The Labute approximate surface area is 144 Å². The van der Waals surface area contributed by atoms with Gasteiger partial charge in [-0.25, -0.2) is 4.79 Å². The summed E-state index contributed by atoms with van der Waals surface area (Å²) in [6.45, 7) is -0.0569. The van der Waals surface area contributed by atoms with Gasteiger partial charge in [-0.05, 0) is 23.3 Å². The third-order valence-corrected chi connectivity index (χ3v) is 4.81. The molecule has 0 aromatic heterocycles. The fraction of sp³-hybridized carbons (Fsp3) is 0.278. The predicted octanol–water partition coefficient (Wildman–Crippen LogP) is 2.45. The van der Waals surface area contributed by atoms with Crippen LogP contribution in [-0.2, 0) is 6.61 Å². The molecule has 0 saturated carbocycles. The normalized spacial score (nSPS) is 13.5. The summed E-state index contributed by atoms with van der Waals surface area (Å²) in [5.41, 5.74) is 1.63. The van der Waals surface area contributed by atoms with E-state index in [0.29, 0.717) is 10.5 Å². The molecule has 0 fully saturated rings. The average Bonchev–Trinajstić information content (AvgIpc) is 2.60. The number of carboxylic acid groups (broad SMARTS) is 1. The summed E-state index contributed by atoms with van der Waals surface area (Å²) in [7, 11) is 0. The van der Waals surface area contributed by atoms with E-state index in [1.54, 1.807) is 42.5 Å². The summed E-state index contributed by atoms with van der Waals surface area (Å²) in [6, 6.07) is 13.5. The maximum atomic E-state index is 11.1. The zero-order valence-electron chi connectivity index (χ0n) is 13.0. The molecule has 0 unspecified atom stereocenters. The van der Waals surface area contributed by atoms with Crippen LogP contribution in [0.15, 0.2) is 53.4 Å². The van der Waals surface area contributed by atoms with Crippen molar-refractivity contribution < 1.29 is 25.2 Å². The van der Waals surface area contributed by atoms with E-state index in [-0.39, 0.29) is 24.3 Å². The Balaban J connectivity index is 1.91. The van der Waals surface area contributed by atoms with Crippen LogP contribution in [0.2, 0.25) is 0 Å². The molecule has 4 N–H and O–H groups in total. The van der Waals surface area contributed by atoms with Crippen molar-refractivity contribution in [3.63, 3.8) is 0 Å². The van der Waals surface area contributed by atoms with Crippen molar-refractivity contribution in [2.75, 3.05) is 5.75 Å². The van der Waals surface area contributed by atoms with Gasteiger partial charge in [0.25, 0.3) is 0 Å². The number of aliphatic hydroxyl groups excluding tert-OH is 3. The summed E-state index contributed by atoms with van der Waals surface area (Å²) in [4.78, 5) is 11.7. The Kier molecular flexibility index (Phi) is 6.81. The van der Waals surface area contributed by atoms with Gasteiger partial charge in [0.1, 0.15) is 0 Å². The number of aliphatic hydroxyl groups is 3. The minimum absolute atomic E-state index is 0.0569. The molecule has 5 nitrogen and oxygen atoms in total. The predicted molar refractivity (Wildman–Crippen MR) is 92.1 cm³/mol. The molecule has 0 heterocycles. The Morgan fingerprint density at radius 3 is 2.33 bits per heavy atom. The van der Waals surface area contributed by atoms with Gasteiger partial charge in [0.2, 0.25) is 0 Å². The van der Waals surface area contributed by atoms with Gasteiger partial charge < -0.3 is 20.4 Å². The molecule has 128 valence electrons. The molecule has 6 heteroatoms. The van der Waals surface area contributed by atoms with Crippen LogP contribution in [0.25, 0.3) is 0 Å². The van der Waals surface area contributed by atoms with E-state index in [1.807, 2.05) is 0 Å². The average molecular weight is 348 g/mol. The minimum Gasteiger partial charge on any atom is -0.478 e. The number of carbonyl (C=O) groups is 1. The first-order chi connectivity index (χ1) is 11.5. The number of thioether (sulfide) groups is 1. The van der Waals surface area contributed by atoms with Gasteiger partial charge in [-0.2, -0.15) is 0 Å². The Morgan fingerprint density at radius 1 is 1.04 bits per heavy atom. The smallest absolute Gasteiger partial charge is 0.336 e. The summed E-state index contributed by atoms with van der Waals surface area (Å²) in [5.74, 6) is -0.715. The van der Waals surface area contributed by atoms with Crippen molar-refractivity contribution in [1.29, 1.82) is 0 Å². The first kappa shape index (κ1) is 18.5. The first-order valence-electron chi connectivity index (χ1n) is 7.52. The molecule has 0 saturated heterocycles. The highest BCUT2D eigenvalue weighted by Crippen LogP contribution is 2.26. The van der Waals surface area contributed by atoms with Crippen molar-refractivity contribution in [1.82, 2.24) is 0 Å². The molecular weight excluding hydrogens is 328 g/mol. The van der Waals surface area contributed by atoms with E-state index in [9.17, 15) is 15.0 Å². The van der Waals surface area contributed by atoms with Gasteiger partial charge in [0.05, 0.1) is 24.4 Å². The van der Waals surface area contributed by atoms with E-state index < -0.39 is 18.2 Å². The van der Waals surface area contributed by atoms with Crippen LogP contribution in [0.5, 0.6) is 0 Å². The number of benzene rings is 2. The Bertz CT molecular complexity index is 671. The molecule has 2 atom stereocenters.